The molecule has 3 aromatic rings. The van der Waals surface area contributed by atoms with Gasteiger partial charge in [0.05, 0.1) is 37.0 Å². The van der Waals surface area contributed by atoms with Gasteiger partial charge in [0.1, 0.15) is 17.2 Å². The van der Waals surface area contributed by atoms with Gasteiger partial charge in [0, 0.05) is 35.5 Å². The summed E-state index contributed by atoms with van der Waals surface area (Å²) in [5.74, 6) is 6.54. The molecule has 0 spiro atoms. The second-order valence-electron chi connectivity index (χ2n) is 12.0. The molecule has 41 heavy (non-hydrogen) atoms. The van der Waals surface area contributed by atoms with Crippen LogP contribution in [0.4, 0.5) is 5.95 Å². The van der Waals surface area contributed by atoms with E-state index >= 15 is 0 Å². The second-order valence-corrected chi connectivity index (χ2v) is 13.6. The number of carbonyl (C=O) groups excluding carboxylic acids is 1. The van der Waals surface area contributed by atoms with Gasteiger partial charge in [0.15, 0.2) is 5.89 Å². The van der Waals surface area contributed by atoms with Crippen LogP contribution in [0.15, 0.2) is 35.0 Å². The minimum atomic E-state index is 0.143. The molecule has 4 heterocycles. The number of oxazole rings is 1. The van der Waals surface area contributed by atoms with Crippen LogP contribution in [0.3, 0.4) is 0 Å². The molecule has 4 aliphatic rings. The summed E-state index contributed by atoms with van der Waals surface area (Å²) in [5.41, 5.74) is 1.99. The van der Waals surface area contributed by atoms with Crippen LogP contribution in [0.2, 0.25) is 5.02 Å². The number of hydrogen-bond donors (Lipinski definition) is 0. The molecule has 0 bridgehead atoms. The maximum Gasteiger partial charge on any atom is 0.227 e. The van der Waals surface area contributed by atoms with Crippen molar-refractivity contribution in [1.82, 2.24) is 19.9 Å². The van der Waals surface area contributed by atoms with Crippen molar-refractivity contribution in [2.24, 2.45) is 17.8 Å². The molecule has 0 unspecified atom stereocenters. The molecular weight excluding hydrogens is 653 g/mol. The molecule has 0 radical (unpaired) electrons. The zero-order chi connectivity index (χ0) is 27.9. The fraction of sp³-hybridized carbons (Fsp3) is 0.548. The van der Waals surface area contributed by atoms with E-state index in [1.54, 1.807) is 12.4 Å². The number of benzene rings is 1. The molecule has 0 N–H and O–H groups in total. The van der Waals surface area contributed by atoms with Gasteiger partial charge in [-0.1, -0.05) is 17.7 Å². The minimum absolute atomic E-state index is 0.143. The van der Waals surface area contributed by atoms with Crippen molar-refractivity contribution in [3.8, 4) is 5.75 Å². The lowest BCUT2D eigenvalue weighted by Gasteiger charge is -2.32. The Hall–Kier alpha value is -2.40. The molecule has 2 aliphatic carbocycles. The van der Waals surface area contributed by atoms with Gasteiger partial charge in [-0.25, -0.2) is 15.0 Å². The van der Waals surface area contributed by atoms with E-state index in [2.05, 4.69) is 48.5 Å². The van der Waals surface area contributed by atoms with E-state index in [-0.39, 0.29) is 5.91 Å². The largest absolute Gasteiger partial charge is 0.494 e. The second kappa shape index (κ2) is 11.7. The first-order chi connectivity index (χ1) is 20.0. The van der Waals surface area contributed by atoms with Gasteiger partial charge in [-0.15, -0.1) is 0 Å². The standard InChI is InChI=1S/C31H35ClIN5O3/c32-23-16-34-31(35-17-23)37-9-5-19(6-10-37)25-13-21(25)8-12-40-24-4-3-22(26(33)15-24)14-29(39)38-11-7-28-27(18-38)36-30(41-28)20-1-2-20/h3-4,15-17,19-21,25H,1-2,5-14,18H2/t21-,25-/m1/s1. The predicted molar refractivity (Wildman–Crippen MR) is 164 cm³/mol. The molecule has 8 nitrogen and oxygen atoms in total. The fourth-order valence-corrected chi connectivity index (χ4v) is 7.25. The van der Waals surface area contributed by atoms with Crippen LogP contribution >= 0.6 is 34.2 Å². The number of carbonyl (C=O) groups is 1. The van der Waals surface area contributed by atoms with Crippen molar-refractivity contribution < 1.29 is 13.9 Å². The Bertz CT molecular complexity index is 1400. The van der Waals surface area contributed by atoms with Gasteiger partial charge < -0.3 is 19.0 Å². The molecule has 7 rings (SSSR count). The van der Waals surface area contributed by atoms with E-state index < -0.39 is 0 Å². The summed E-state index contributed by atoms with van der Waals surface area (Å²) in [6.45, 7) is 4.02. The third-order valence-electron chi connectivity index (χ3n) is 9.16. The molecule has 3 fully saturated rings. The normalized spacial score (nSPS) is 22.5. The molecule has 1 aromatic carbocycles. The van der Waals surface area contributed by atoms with Gasteiger partial charge in [-0.3, -0.25) is 4.79 Å². The Morgan fingerprint density at radius 2 is 1.93 bits per heavy atom. The molecular formula is C31H35ClIN5O3. The summed E-state index contributed by atoms with van der Waals surface area (Å²) < 4.78 is 13.2. The average Bonchev–Trinajstić information content (AvgIpc) is 3.92. The maximum absolute atomic E-state index is 13.1. The van der Waals surface area contributed by atoms with Crippen LogP contribution in [0.25, 0.3) is 0 Å². The van der Waals surface area contributed by atoms with Crippen LogP contribution in [-0.2, 0) is 24.2 Å². The molecule has 1 saturated heterocycles. The molecule has 2 aromatic heterocycles. The third kappa shape index (κ3) is 6.35. The number of amides is 1. The molecule has 1 amide bonds. The van der Waals surface area contributed by atoms with Crippen molar-refractivity contribution in [2.75, 3.05) is 31.1 Å². The quantitative estimate of drug-likeness (QED) is 0.254. The van der Waals surface area contributed by atoms with E-state index in [1.807, 2.05) is 17.0 Å². The van der Waals surface area contributed by atoms with Crippen molar-refractivity contribution in [3.05, 3.63) is 62.1 Å². The van der Waals surface area contributed by atoms with E-state index in [9.17, 15) is 4.79 Å². The smallest absolute Gasteiger partial charge is 0.227 e. The summed E-state index contributed by atoms with van der Waals surface area (Å²) in [6, 6.07) is 6.12. The zero-order valence-electron chi connectivity index (χ0n) is 23.1. The summed E-state index contributed by atoms with van der Waals surface area (Å²) in [7, 11) is 0. The highest BCUT2D eigenvalue weighted by molar-refractivity contribution is 14.1. The van der Waals surface area contributed by atoms with Crippen molar-refractivity contribution in [3.63, 3.8) is 0 Å². The highest BCUT2D eigenvalue weighted by Crippen LogP contribution is 2.50. The van der Waals surface area contributed by atoms with E-state index in [0.717, 1.165) is 88.5 Å². The number of halogens is 2. The maximum atomic E-state index is 13.1. The van der Waals surface area contributed by atoms with Crippen LogP contribution < -0.4 is 9.64 Å². The Labute approximate surface area is 259 Å². The summed E-state index contributed by atoms with van der Waals surface area (Å²) in [6.07, 6.45) is 11.7. The first-order valence-corrected chi connectivity index (χ1v) is 16.4. The Morgan fingerprint density at radius 1 is 1.12 bits per heavy atom. The van der Waals surface area contributed by atoms with E-state index in [1.165, 1.54) is 32.1 Å². The molecule has 2 aliphatic heterocycles. The number of hydrogen-bond acceptors (Lipinski definition) is 7. The van der Waals surface area contributed by atoms with E-state index in [4.69, 9.17) is 20.8 Å². The lowest BCUT2D eigenvalue weighted by atomic mass is 9.90. The molecule has 10 heteroatoms. The molecule has 2 saturated carbocycles. The van der Waals surface area contributed by atoms with Gasteiger partial charge >= 0.3 is 0 Å². The van der Waals surface area contributed by atoms with Crippen LogP contribution in [-0.4, -0.2) is 52.0 Å². The summed E-state index contributed by atoms with van der Waals surface area (Å²) in [4.78, 5) is 30.7. The summed E-state index contributed by atoms with van der Waals surface area (Å²) >= 11 is 8.26. The Morgan fingerprint density at radius 3 is 2.68 bits per heavy atom. The third-order valence-corrected chi connectivity index (χ3v) is 10.4. The Balaban J connectivity index is 0.840. The zero-order valence-corrected chi connectivity index (χ0v) is 26.0. The number of aromatic nitrogens is 3. The predicted octanol–water partition coefficient (Wildman–Crippen LogP) is 6.05. The SMILES string of the molecule is O=C(Cc1ccc(OCC[C@@H]2C[C@@H]2C2CCN(c3ncc(Cl)cn3)CC2)cc1I)N1CCc2oc(C3CC3)nc2C1. The van der Waals surface area contributed by atoms with Crippen LogP contribution in [0.1, 0.15) is 67.4 Å². The number of piperidine rings is 1. The molecule has 216 valence electrons. The lowest BCUT2D eigenvalue weighted by molar-refractivity contribution is -0.131. The van der Waals surface area contributed by atoms with Crippen molar-refractivity contribution in [2.45, 2.75) is 63.8 Å². The minimum Gasteiger partial charge on any atom is -0.494 e. The monoisotopic (exact) mass is 687 g/mol. The van der Waals surface area contributed by atoms with Gasteiger partial charge in [0.25, 0.3) is 0 Å². The van der Waals surface area contributed by atoms with Gasteiger partial charge in [-0.2, -0.15) is 0 Å². The Kier molecular flexibility index (Phi) is 7.83. The highest BCUT2D eigenvalue weighted by Gasteiger charge is 2.43. The van der Waals surface area contributed by atoms with Crippen molar-refractivity contribution in [1.29, 1.82) is 0 Å². The number of anilines is 1. The van der Waals surface area contributed by atoms with Gasteiger partial charge in [0.2, 0.25) is 11.9 Å². The van der Waals surface area contributed by atoms with Crippen LogP contribution in [0.5, 0.6) is 5.75 Å². The van der Waals surface area contributed by atoms with E-state index in [0.29, 0.717) is 30.5 Å². The number of fused-ring (bicyclic) bond motifs is 1. The molecule has 2 atom stereocenters. The topological polar surface area (TPSA) is 84.6 Å². The van der Waals surface area contributed by atoms with Crippen LogP contribution in [0, 0.1) is 21.3 Å². The number of ether oxygens (including phenoxy) is 1. The first-order valence-electron chi connectivity index (χ1n) is 14.9. The average molecular weight is 688 g/mol. The lowest BCUT2D eigenvalue weighted by Crippen LogP contribution is -2.36. The highest BCUT2D eigenvalue weighted by atomic mass is 127. The summed E-state index contributed by atoms with van der Waals surface area (Å²) in [5, 5.41) is 0.578. The van der Waals surface area contributed by atoms with Gasteiger partial charge in [-0.05, 0) is 96.6 Å². The number of rotatable bonds is 9. The van der Waals surface area contributed by atoms with Crippen molar-refractivity contribution >= 4 is 46.0 Å². The number of nitrogens with zero attached hydrogens (tertiary/aromatic N) is 5. The first kappa shape index (κ1) is 27.4. The fourth-order valence-electron chi connectivity index (χ4n) is 6.48.